The number of hydrogen-bond donors (Lipinski definition) is 1. The third kappa shape index (κ3) is 3.49. The molecule has 78 valence electrons. The van der Waals surface area contributed by atoms with Gasteiger partial charge in [0.05, 0.1) is 5.69 Å². The Kier molecular flexibility index (Phi) is 3.95. The van der Waals surface area contributed by atoms with Crippen LogP contribution in [0.15, 0.2) is 18.2 Å². The highest BCUT2D eigenvalue weighted by Gasteiger charge is 2.05. The Labute approximate surface area is 92.4 Å². The summed E-state index contributed by atoms with van der Waals surface area (Å²) in [5.74, 6) is 0.204. The molecule has 0 atom stereocenters. The molecule has 4 nitrogen and oxygen atoms in total. The SMILES string of the molecule is CC(=O)Nc1cc(Cl)ccc1OCC#N. The number of anilines is 1. The van der Waals surface area contributed by atoms with Crippen LogP contribution in [0.1, 0.15) is 6.92 Å². The Hall–Kier alpha value is -1.73. The number of carbonyl (C=O) groups excluding carboxylic acids is 1. The van der Waals surface area contributed by atoms with Crippen LogP contribution in [-0.4, -0.2) is 12.5 Å². The summed E-state index contributed by atoms with van der Waals surface area (Å²) in [4.78, 5) is 10.9. The Morgan fingerprint density at radius 2 is 2.40 bits per heavy atom. The van der Waals surface area contributed by atoms with Gasteiger partial charge in [-0.2, -0.15) is 5.26 Å². The predicted octanol–water partition coefficient (Wildman–Crippen LogP) is 2.20. The molecule has 0 unspecified atom stereocenters. The van der Waals surface area contributed by atoms with Crippen LogP contribution in [0.25, 0.3) is 0 Å². The lowest BCUT2D eigenvalue weighted by Gasteiger charge is -2.09. The van der Waals surface area contributed by atoms with Gasteiger partial charge >= 0.3 is 0 Å². The second-order valence-electron chi connectivity index (χ2n) is 2.77. The Morgan fingerprint density at radius 3 is 3.00 bits per heavy atom. The maximum Gasteiger partial charge on any atom is 0.221 e. The second-order valence-corrected chi connectivity index (χ2v) is 3.20. The highest BCUT2D eigenvalue weighted by atomic mass is 35.5. The van der Waals surface area contributed by atoms with E-state index in [1.807, 2.05) is 6.07 Å². The van der Waals surface area contributed by atoms with Crippen molar-refractivity contribution < 1.29 is 9.53 Å². The van der Waals surface area contributed by atoms with Crippen LogP contribution in [0, 0.1) is 11.3 Å². The molecule has 0 heterocycles. The Bertz CT molecular complexity index is 412. The minimum atomic E-state index is -0.223. The molecule has 5 heteroatoms. The first-order valence-corrected chi connectivity index (χ1v) is 4.58. The average molecular weight is 225 g/mol. The molecule has 0 aliphatic carbocycles. The van der Waals surface area contributed by atoms with Gasteiger partial charge in [0.2, 0.25) is 5.91 Å². The number of carbonyl (C=O) groups is 1. The van der Waals surface area contributed by atoms with Gasteiger partial charge in [0.15, 0.2) is 6.61 Å². The van der Waals surface area contributed by atoms with Gasteiger partial charge < -0.3 is 10.1 Å². The molecular formula is C10H9ClN2O2. The van der Waals surface area contributed by atoms with Crippen LogP contribution in [0.3, 0.4) is 0 Å². The van der Waals surface area contributed by atoms with Gasteiger partial charge in [-0.3, -0.25) is 4.79 Å². The largest absolute Gasteiger partial charge is 0.477 e. The summed E-state index contributed by atoms with van der Waals surface area (Å²) in [6.45, 7) is 1.31. The third-order valence-electron chi connectivity index (χ3n) is 1.54. The summed E-state index contributed by atoms with van der Waals surface area (Å²) in [6.07, 6.45) is 0. The molecule has 1 amide bonds. The van der Waals surface area contributed by atoms with Gasteiger partial charge in [-0.1, -0.05) is 11.6 Å². The molecule has 0 bridgehead atoms. The summed E-state index contributed by atoms with van der Waals surface area (Å²) in [5, 5.41) is 11.4. The van der Waals surface area contributed by atoms with Crippen molar-refractivity contribution >= 4 is 23.2 Å². The third-order valence-corrected chi connectivity index (χ3v) is 1.78. The van der Waals surface area contributed by atoms with Crippen LogP contribution in [0.4, 0.5) is 5.69 Å². The van der Waals surface area contributed by atoms with Gasteiger partial charge in [0, 0.05) is 11.9 Å². The number of benzene rings is 1. The summed E-state index contributed by atoms with van der Waals surface area (Å²) >= 11 is 5.76. The number of halogens is 1. The monoisotopic (exact) mass is 224 g/mol. The fraction of sp³-hybridized carbons (Fsp3) is 0.200. The molecule has 0 aliphatic rings. The minimum absolute atomic E-state index is 0.0752. The topological polar surface area (TPSA) is 62.1 Å². The zero-order valence-corrected chi connectivity index (χ0v) is 8.84. The molecule has 1 N–H and O–H groups in total. The normalized spacial score (nSPS) is 9.13. The van der Waals surface area contributed by atoms with Gasteiger partial charge in [-0.25, -0.2) is 0 Å². The fourth-order valence-corrected chi connectivity index (χ4v) is 1.20. The summed E-state index contributed by atoms with van der Waals surface area (Å²) in [5.41, 5.74) is 0.463. The van der Waals surface area contributed by atoms with E-state index in [2.05, 4.69) is 5.32 Å². The van der Waals surface area contributed by atoms with E-state index in [0.29, 0.717) is 16.5 Å². The lowest BCUT2D eigenvalue weighted by Crippen LogP contribution is -2.08. The number of ether oxygens (including phenoxy) is 1. The molecule has 1 aromatic rings. The van der Waals surface area contributed by atoms with E-state index in [1.54, 1.807) is 18.2 Å². The van der Waals surface area contributed by atoms with Crippen molar-refractivity contribution in [1.82, 2.24) is 0 Å². The molecular weight excluding hydrogens is 216 g/mol. The summed E-state index contributed by atoms with van der Waals surface area (Å²) in [7, 11) is 0. The Morgan fingerprint density at radius 1 is 1.67 bits per heavy atom. The molecule has 0 saturated heterocycles. The van der Waals surface area contributed by atoms with E-state index >= 15 is 0 Å². The van der Waals surface area contributed by atoms with Crippen LogP contribution in [-0.2, 0) is 4.79 Å². The molecule has 0 fully saturated rings. The van der Waals surface area contributed by atoms with E-state index in [0.717, 1.165) is 0 Å². The molecule has 0 saturated carbocycles. The number of nitrogens with zero attached hydrogens (tertiary/aromatic N) is 1. The van der Waals surface area contributed by atoms with Gasteiger partial charge in [0.1, 0.15) is 11.8 Å². The minimum Gasteiger partial charge on any atom is -0.477 e. The van der Waals surface area contributed by atoms with Crippen molar-refractivity contribution in [1.29, 1.82) is 5.26 Å². The molecule has 1 aromatic carbocycles. The average Bonchev–Trinajstić information content (AvgIpc) is 2.16. The van der Waals surface area contributed by atoms with Crippen molar-refractivity contribution in [2.45, 2.75) is 6.92 Å². The van der Waals surface area contributed by atoms with E-state index < -0.39 is 0 Å². The van der Waals surface area contributed by atoms with Gasteiger partial charge in [0.25, 0.3) is 0 Å². The summed E-state index contributed by atoms with van der Waals surface area (Å²) < 4.78 is 5.11. The zero-order valence-electron chi connectivity index (χ0n) is 8.08. The standard InChI is InChI=1S/C10H9ClN2O2/c1-7(14)13-9-6-8(11)2-3-10(9)15-5-4-12/h2-3,6H,5H2,1H3,(H,13,14). The number of nitriles is 1. The van der Waals surface area contributed by atoms with Crippen molar-refractivity contribution in [2.24, 2.45) is 0 Å². The van der Waals surface area contributed by atoms with Crippen LogP contribution >= 0.6 is 11.6 Å². The molecule has 0 radical (unpaired) electrons. The molecule has 1 rings (SSSR count). The van der Waals surface area contributed by atoms with Crippen LogP contribution in [0.5, 0.6) is 5.75 Å². The van der Waals surface area contributed by atoms with E-state index in [1.165, 1.54) is 6.92 Å². The first-order chi connectivity index (χ1) is 7.13. The fourth-order valence-electron chi connectivity index (χ4n) is 1.03. The van der Waals surface area contributed by atoms with E-state index in [9.17, 15) is 4.79 Å². The lowest BCUT2D eigenvalue weighted by atomic mass is 10.3. The van der Waals surface area contributed by atoms with Crippen LogP contribution < -0.4 is 10.1 Å². The zero-order chi connectivity index (χ0) is 11.3. The van der Waals surface area contributed by atoms with E-state index in [4.69, 9.17) is 21.6 Å². The first-order valence-electron chi connectivity index (χ1n) is 4.20. The molecule has 0 aromatic heterocycles. The van der Waals surface area contributed by atoms with Crippen LogP contribution in [0.2, 0.25) is 5.02 Å². The molecule has 0 spiro atoms. The number of nitrogens with one attached hydrogen (secondary N) is 1. The number of rotatable bonds is 3. The maximum absolute atomic E-state index is 10.9. The van der Waals surface area contributed by atoms with E-state index in [-0.39, 0.29) is 12.5 Å². The van der Waals surface area contributed by atoms with Crippen molar-refractivity contribution in [3.8, 4) is 11.8 Å². The van der Waals surface area contributed by atoms with Gasteiger partial charge in [-0.15, -0.1) is 0 Å². The van der Waals surface area contributed by atoms with Crippen molar-refractivity contribution in [3.63, 3.8) is 0 Å². The quantitative estimate of drug-likeness (QED) is 0.856. The molecule has 15 heavy (non-hydrogen) atoms. The lowest BCUT2D eigenvalue weighted by molar-refractivity contribution is -0.114. The smallest absolute Gasteiger partial charge is 0.221 e. The van der Waals surface area contributed by atoms with Gasteiger partial charge in [-0.05, 0) is 18.2 Å². The number of hydrogen-bond acceptors (Lipinski definition) is 3. The first kappa shape index (κ1) is 11.3. The highest BCUT2D eigenvalue weighted by molar-refractivity contribution is 6.31. The highest BCUT2D eigenvalue weighted by Crippen LogP contribution is 2.27. The second kappa shape index (κ2) is 5.23. The maximum atomic E-state index is 10.9. The predicted molar refractivity (Wildman–Crippen MR) is 56.9 cm³/mol. The summed E-state index contributed by atoms with van der Waals surface area (Å²) in [6, 6.07) is 6.64. The Balaban J connectivity index is 2.93. The molecule has 0 aliphatic heterocycles. The van der Waals surface area contributed by atoms with Crippen molar-refractivity contribution in [3.05, 3.63) is 23.2 Å². The van der Waals surface area contributed by atoms with Crippen molar-refractivity contribution in [2.75, 3.05) is 11.9 Å². The number of amides is 1.